The molecule has 33 heavy (non-hydrogen) atoms. The molecule has 3 aromatic rings. The number of piperidine rings is 1. The molecular formula is C23H23F2N5O3. The molecule has 1 aromatic heterocycles. The van der Waals surface area contributed by atoms with Crippen LogP contribution in [0.4, 0.5) is 8.78 Å². The summed E-state index contributed by atoms with van der Waals surface area (Å²) in [6, 6.07) is 10.9. The minimum absolute atomic E-state index is 0.0263. The van der Waals surface area contributed by atoms with Crippen LogP contribution in [0, 0.1) is 11.6 Å². The first-order chi connectivity index (χ1) is 15.8. The number of nitrogens with zero attached hydrogens (tertiary/aromatic N) is 3. The second-order valence-electron chi connectivity index (χ2n) is 8.05. The Morgan fingerprint density at radius 2 is 1.61 bits per heavy atom. The van der Waals surface area contributed by atoms with Crippen molar-refractivity contribution in [3.05, 3.63) is 77.6 Å². The van der Waals surface area contributed by atoms with Crippen molar-refractivity contribution in [1.29, 1.82) is 0 Å². The monoisotopic (exact) mass is 455 g/mol. The van der Waals surface area contributed by atoms with Gasteiger partial charge >= 0.3 is 0 Å². The van der Waals surface area contributed by atoms with Crippen LogP contribution >= 0.6 is 0 Å². The molecule has 8 nitrogen and oxygen atoms in total. The number of nitrogens with two attached hydrogens (primary N) is 1. The lowest BCUT2D eigenvalue weighted by Gasteiger charge is -2.38. The maximum absolute atomic E-state index is 13.1. The molecule has 0 spiro atoms. The Hall–Kier alpha value is -3.79. The van der Waals surface area contributed by atoms with Gasteiger partial charge in [-0.25, -0.2) is 18.4 Å². The van der Waals surface area contributed by atoms with E-state index in [4.69, 9.17) is 5.84 Å². The summed E-state index contributed by atoms with van der Waals surface area (Å²) in [7, 11) is 0. The quantitative estimate of drug-likeness (QED) is 0.509. The first-order valence-electron chi connectivity index (χ1n) is 10.4. The van der Waals surface area contributed by atoms with Gasteiger partial charge in [0.05, 0.1) is 11.8 Å². The van der Waals surface area contributed by atoms with Crippen molar-refractivity contribution < 1.29 is 23.5 Å². The summed E-state index contributed by atoms with van der Waals surface area (Å²) >= 11 is 0. The van der Waals surface area contributed by atoms with Crippen LogP contribution in [-0.2, 0) is 0 Å². The zero-order valence-corrected chi connectivity index (χ0v) is 17.7. The van der Waals surface area contributed by atoms with Crippen LogP contribution < -0.4 is 11.2 Å². The number of carbonyl (C=O) groups excluding carboxylic acids is 2. The first kappa shape index (κ1) is 22.4. The maximum Gasteiger partial charge on any atom is 0.271 e. The number of aromatic nitrogens is 2. The number of likely N-dealkylation sites (tertiary alicyclic amines) is 1. The number of imidazole rings is 1. The molecule has 1 saturated heterocycles. The van der Waals surface area contributed by atoms with Crippen LogP contribution in [-0.4, -0.2) is 56.7 Å². The van der Waals surface area contributed by atoms with E-state index < -0.39 is 23.1 Å². The molecular weight excluding hydrogens is 432 g/mol. The van der Waals surface area contributed by atoms with E-state index in [0.29, 0.717) is 30.0 Å². The van der Waals surface area contributed by atoms with Crippen LogP contribution in [0.25, 0.3) is 11.4 Å². The van der Waals surface area contributed by atoms with Gasteiger partial charge in [-0.15, -0.1) is 0 Å². The molecule has 2 amide bonds. The topological polar surface area (TPSA) is 113 Å². The zero-order chi connectivity index (χ0) is 23.6. The Balaban J connectivity index is 1.34. The Morgan fingerprint density at radius 3 is 2.21 bits per heavy atom. The zero-order valence-electron chi connectivity index (χ0n) is 17.7. The number of nitrogen functional groups attached to an aromatic ring is 1. The molecule has 1 aliphatic heterocycles. The molecule has 10 heteroatoms. The predicted molar refractivity (Wildman–Crippen MR) is 117 cm³/mol. The smallest absolute Gasteiger partial charge is 0.271 e. The number of nitrogens with one attached hydrogen (secondary N) is 1. The van der Waals surface area contributed by atoms with Gasteiger partial charge in [0.15, 0.2) is 5.82 Å². The molecule has 0 radical (unpaired) electrons. The minimum atomic E-state index is -1.19. The summed E-state index contributed by atoms with van der Waals surface area (Å²) in [6.07, 6.45) is 1.84. The highest BCUT2D eigenvalue weighted by atomic mass is 19.1. The van der Waals surface area contributed by atoms with E-state index in [0.717, 1.165) is 4.68 Å². The Kier molecular flexibility index (Phi) is 6.10. The summed E-state index contributed by atoms with van der Waals surface area (Å²) < 4.78 is 27.3. The van der Waals surface area contributed by atoms with Gasteiger partial charge in [-0.1, -0.05) is 0 Å². The van der Waals surface area contributed by atoms with Crippen molar-refractivity contribution in [2.24, 2.45) is 0 Å². The van der Waals surface area contributed by atoms with Gasteiger partial charge < -0.3 is 21.2 Å². The lowest BCUT2D eigenvalue weighted by atomic mass is 9.91. The lowest BCUT2D eigenvalue weighted by Crippen LogP contribution is -2.52. The average Bonchev–Trinajstić information content (AvgIpc) is 3.20. The van der Waals surface area contributed by atoms with Crippen molar-refractivity contribution in [3.8, 4) is 11.4 Å². The van der Waals surface area contributed by atoms with Crippen molar-refractivity contribution >= 4 is 11.8 Å². The van der Waals surface area contributed by atoms with Crippen LogP contribution in [0.15, 0.2) is 54.7 Å². The van der Waals surface area contributed by atoms with Crippen LogP contribution in [0.1, 0.15) is 33.7 Å². The fourth-order valence-electron chi connectivity index (χ4n) is 3.75. The third-order valence-corrected chi connectivity index (χ3v) is 5.78. The second kappa shape index (κ2) is 8.99. The van der Waals surface area contributed by atoms with Gasteiger partial charge in [-0.05, 0) is 61.4 Å². The van der Waals surface area contributed by atoms with E-state index in [2.05, 4.69) is 10.3 Å². The lowest BCUT2D eigenvalue weighted by molar-refractivity contribution is -0.0150. The number of benzene rings is 2. The fraction of sp³-hybridized carbons (Fsp3) is 0.261. The van der Waals surface area contributed by atoms with Crippen molar-refractivity contribution in [2.75, 3.05) is 25.5 Å². The van der Waals surface area contributed by atoms with Crippen LogP contribution in [0.2, 0.25) is 0 Å². The van der Waals surface area contributed by atoms with Crippen molar-refractivity contribution in [2.45, 2.75) is 18.4 Å². The van der Waals surface area contributed by atoms with Gasteiger partial charge in [-0.3, -0.25) is 9.59 Å². The normalized spacial score (nSPS) is 15.3. The van der Waals surface area contributed by atoms with Gasteiger partial charge in [0.25, 0.3) is 11.8 Å². The third kappa shape index (κ3) is 4.85. The van der Waals surface area contributed by atoms with E-state index in [1.165, 1.54) is 54.7 Å². The molecule has 0 saturated carbocycles. The molecule has 4 N–H and O–H groups in total. The molecule has 1 fully saturated rings. The number of hydrogen-bond donors (Lipinski definition) is 3. The summed E-state index contributed by atoms with van der Waals surface area (Å²) in [5, 5.41) is 13.5. The molecule has 0 aliphatic carbocycles. The summed E-state index contributed by atoms with van der Waals surface area (Å²) in [5.41, 5.74) is -0.172. The van der Waals surface area contributed by atoms with Gasteiger partial charge in [0.2, 0.25) is 0 Å². The minimum Gasteiger partial charge on any atom is -0.388 e. The largest absolute Gasteiger partial charge is 0.388 e. The molecule has 0 unspecified atom stereocenters. The standard InChI is InChI=1S/C23H23F2N5O3/c24-17-5-1-15(2-6-17)20-27-13-19(30(20)26)21(31)28-14-23(33)9-11-29(12-10-23)22(32)16-3-7-18(25)8-4-16/h1-8,13,33H,9-12,14,26H2,(H,28,31). The van der Waals surface area contributed by atoms with E-state index in [-0.39, 0.29) is 31.0 Å². The molecule has 2 heterocycles. The maximum atomic E-state index is 13.1. The predicted octanol–water partition coefficient (Wildman–Crippen LogP) is 1.94. The van der Waals surface area contributed by atoms with Gasteiger partial charge in [0, 0.05) is 30.8 Å². The van der Waals surface area contributed by atoms with E-state index >= 15 is 0 Å². The average molecular weight is 455 g/mol. The number of rotatable bonds is 5. The molecule has 0 atom stereocenters. The second-order valence-corrected chi connectivity index (χ2v) is 8.05. The number of carbonyl (C=O) groups is 2. The summed E-state index contributed by atoms with van der Waals surface area (Å²) in [6.45, 7) is 0.569. The van der Waals surface area contributed by atoms with E-state index in [1.54, 1.807) is 4.90 Å². The highest BCUT2D eigenvalue weighted by Gasteiger charge is 2.35. The number of aliphatic hydroxyl groups is 1. The molecule has 4 rings (SSSR count). The first-order valence-corrected chi connectivity index (χ1v) is 10.4. The molecule has 1 aliphatic rings. The summed E-state index contributed by atoms with van der Waals surface area (Å²) in [5.74, 6) is 4.73. The molecule has 172 valence electrons. The third-order valence-electron chi connectivity index (χ3n) is 5.78. The number of hydrogen-bond acceptors (Lipinski definition) is 5. The van der Waals surface area contributed by atoms with Crippen molar-refractivity contribution in [1.82, 2.24) is 19.9 Å². The van der Waals surface area contributed by atoms with Gasteiger partial charge in [-0.2, -0.15) is 0 Å². The highest BCUT2D eigenvalue weighted by molar-refractivity contribution is 5.94. The van der Waals surface area contributed by atoms with Crippen molar-refractivity contribution in [3.63, 3.8) is 0 Å². The van der Waals surface area contributed by atoms with Gasteiger partial charge in [0.1, 0.15) is 17.3 Å². The Morgan fingerprint density at radius 1 is 1.03 bits per heavy atom. The summed E-state index contributed by atoms with van der Waals surface area (Å²) in [4.78, 5) is 30.9. The van der Waals surface area contributed by atoms with E-state index in [1.807, 2.05) is 0 Å². The SMILES string of the molecule is Nn1c(C(=O)NCC2(O)CCN(C(=O)c3ccc(F)cc3)CC2)cnc1-c1ccc(F)cc1. The Bertz CT molecular complexity index is 1150. The van der Waals surface area contributed by atoms with E-state index in [9.17, 15) is 23.5 Å². The molecule has 0 bridgehead atoms. The number of amides is 2. The molecule has 2 aromatic carbocycles. The van der Waals surface area contributed by atoms with Crippen LogP contribution in [0.5, 0.6) is 0 Å². The fourth-order valence-corrected chi connectivity index (χ4v) is 3.75. The number of halogens is 2. The van der Waals surface area contributed by atoms with Crippen LogP contribution in [0.3, 0.4) is 0 Å². The highest BCUT2D eigenvalue weighted by Crippen LogP contribution is 2.23. The Labute approximate surface area is 188 Å².